The molecule has 1 aliphatic heterocycles. The molecule has 1 atom stereocenters. The summed E-state index contributed by atoms with van der Waals surface area (Å²) in [6.45, 7) is 0.834. The number of thiazole rings is 1. The fourth-order valence-electron chi connectivity index (χ4n) is 2.99. The molecule has 0 spiro atoms. The molecule has 3 aromatic rings. The van der Waals surface area contributed by atoms with Crippen molar-refractivity contribution < 1.29 is 4.39 Å². The zero-order valence-electron chi connectivity index (χ0n) is 13.6. The van der Waals surface area contributed by atoms with Gasteiger partial charge in [-0.1, -0.05) is 6.07 Å². The summed E-state index contributed by atoms with van der Waals surface area (Å²) in [6.07, 6.45) is 3.68. The lowest BCUT2D eigenvalue weighted by Gasteiger charge is -2.26. The largest absolute Gasteiger partial charge is 0.309 e. The first-order chi connectivity index (χ1) is 12.3. The van der Waals surface area contributed by atoms with Crippen LogP contribution in [0.1, 0.15) is 23.0 Å². The maximum atomic E-state index is 13.6. The van der Waals surface area contributed by atoms with Gasteiger partial charge in [-0.15, -0.1) is 23.1 Å². The van der Waals surface area contributed by atoms with Crippen molar-refractivity contribution in [2.45, 2.75) is 23.8 Å². The number of benzene rings is 1. The molecule has 25 heavy (non-hydrogen) atoms. The highest BCUT2D eigenvalue weighted by Crippen LogP contribution is 2.36. The van der Waals surface area contributed by atoms with Gasteiger partial charge in [0.2, 0.25) is 0 Å². The van der Waals surface area contributed by atoms with Gasteiger partial charge in [0.05, 0.1) is 16.4 Å². The first-order valence-corrected chi connectivity index (χ1v) is 10.2. The number of hydrogen-bond acceptors (Lipinski definition) is 5. The molecule has 0 saturated carbocycles. The lowest BCUT2D eigenvalue weighted by atomic mass is 10.0. The van der Waals surface area contributed by atoms with E-state index in [-0.39, 0.29) is 11.9 Å². The average molecular weight is 372 g/mol. The number of nitrogens with zero attached hydrogens (tertiary/aromatic N) is 2. The van der Waals surface area contributed by atoms with Crippen LogP contribution in [0, 0.1) is 5.82 Å². The lowest BCUT2D eigenvalue weighted by Crippen LogP contribution is -2.26. The maximum Gasteiger partial charge on any atom is 0.123 e. The van der Waals surface area contributed by atoms with Crippen LogP contribution in [-0.4, -0.2) is 22.3 Å². The fraction of sp³-hybridized carbons (Fsp3) is 0.263. The molecule has 1 N–H and O–H groups in total. The van der Waals surface area contributed by atoms with E-state index in [9.17, 15) is 4.39 Å². The Balaban J connectivity index is 1.38. The van der Waals surface area contributed by atoms with Gasteiger partial charge in [-0.2, -0.15) is 0 Å². The Hall–Kier alpha value is -1.76. The minimum Gasteiger partial charge on any atom is -0.309 e. The molecule has 0 aliphatic carbocycles. The smallest absolute Gasteiger partial charge is 0.123 e. The van der Waals surface area contributed by atoms with Gasteiger partial charge in [-0.3, -0.25) is 4.98 Å². The van der Waals surface area contributed by atoms with Gasteiger partial charge in [-0.05, 0) is 48.1 Å². The van der Waals surface area contributed by atoms with Crippen LogP contribution in [-0.2, 0) is 6.42 Å². The Bertz CT molecular complexity index is 851. The van der Waals surface area contributed by atoms with Gasteiger partial charge >= 0.3 is 0 Å². The van der Waals surface area contributed by atoms with Crippen molar-refractivity contribution in [1.82, 2.24) is 15.3 Å². The van der Waals surface area contributed by atoms with Crippen LogP contribution in [0.25, 0.3) is 11.4 Å². The van der Waals surface area contributed by atoms with E-state index in [0.29, 0.717) is 0 Å². The highest BCUT2D eigenvalue weighted by molar-refractivity contribution is 7.99. The van der Waals surface area contributed by atoms with Crippen LogP contribution in [0.3, 0.4) is 0 Å². The van der Waals surface area contributed by atoms with Crippen molar-refractivity contribution in [3.05, 3.63) is 64.4 Å². The van der Waals surface area contributed by atoms with Crippen LogP contribution >= 0.6 is 23.1 Å². The highest BCUT2D eigenvalue weighted by atomic mass is 32.2. The molecule has 3 nitrogen and oxygen atoms in total. The number of rotatable bonds is 5. The minimum atomic E-state index is -0.159. The maximum absolute atomic E-state index is 13.6. The Labute approximate surface area is 154 Å². The second kappa shape index (κ2) is 7.64. The third-order valence-corrected chi connectivity index (χ3v) is 6.25. The predicted octanol–water partition coefficient (Wildman–Crippen LogP) is 4.71. The Morgan fingerprint density at radius 2 is 2.16 bits per heavy atom. The van der Waals surface area contributed by atoms with E-state index in [1.807, 2.05) is 36.0 Å². The Kier molecular flexibility index (Phi) is 5.10. The van der Waals surface area contributed by atoms with Crippen molar-refractivity contribution in [2.24, 2.45) is 0 Å². The van der Waals surface area contributed by atoms with Crippen LogP contribution < -0.4 is 5.32 Å². The van der Waals surface area contributed by atoms with Crippen LogP contribution in [0.15, 0.2) is 52.9 Å². The summed E-state index contributed by atoms with van der Waals surface area (Å²) >= 11 is 3.47. The number of aromatic nitrogens is 2. The summed E-state index contributed by atoms with van der Waals surface area (Å²) in [6, 6.07) is 11.2. The number of hydrogen-bond donors (Lipinski definition) is 1. The highest BCUT2D eigenvalue weighted by Gasteiger charge is 2.20. The summed E-state index contributed by atoms with van der Waals surface area (Å²) in [7, 11) is 0. The molecule has 6 heteroatoms. The lowest BCUT2D eigenvalue weighted by molar-refractivity contribution is 0.508. The molecule has 4 rings (SSSR count). The molecular weight excluding hydrogens is 353 g/mol. The number of nitrogens with one attached hydrogen (secondary N) is 1. The number of thioether (sulfide) groups is 1. The third-order valence-electron chi connectivity index (χ3n) is 4.22. The van der Waals surface area contributed by atoms with Crippen molar-refractivity contribution in [1.29, 1.82) is 0 Å². The number of halogens is 1. The molecule has 0 fully saturated rings. The second-order valence-electron chi connectivity index (χ2n) is 5.92. The summed E-state index contributed by atoms with van der Waals surface area (Å²) in [5, 5.41) is 6.72. The van der Waals surface area contributed by atoms with Gasteiger partial charge in [0, 0.05) is 35.5 Å². The van der Waals surface area contributed by atoms with E-state index in [4.69, 9.17) is 0 Å². The van der Waals surface area contributed by atoms with Crippen molar-refractivity contribution >= 4 is 23.1 Å². The standard InChI is InChI=1S/C19H18FN3S2/c20-13-4-5-18-14(11-13)15(7-10-24-18)22-9-6-19-23-17(12-25-19)16-3-1-2-8-21-16/h1-5,8,11-12,15,22H,6-7,9-10H2. The van der Waals surface area contributed by atoms with Gasteiger partial charge in [0.1, 0.15) is 5.82 Å². The van der Waals surface area contributed by atoms with E-state index < -0.39 is 0 Å². The molecule has 1 aromatic carbocycles. The molecule has 1 unspecified atom stereocenters. The Morgan fingerprint density at radius 1 is 1.20 bits per heavy atom. The number of pyridine rings is 1. The quantitative estimate of drug-likeness (QED) is 0.705. The first-order valence-electron chi connectivity index (χ1n) is 8.31. The molecule has 0 radical (unpaired) electrons. The molecule has 3 heterocycles. The van der Waals surface area contributed by atoms with Gasteiger partial charge in [-0.25, -0.2) is 9.37 Å². The molecule has 0 amide bonds. The monoisotopic (exact) mass is 371 g/mol. The molecular formula is C19H18FN3S2. The second-order valence-corrected chi connectivity index (χ2v) is 8.00. The predicted molar refractivity (Wildman–Crippen MR) is 102 cm³/mol. The normalized spacial score (nSPS) is 16.6. The van der Waals surface area contributed by atoms with Crippen LogP contribution in [0.2, 0.25) is 0 Å². The summed E-state index contributed by atoms with van der Waals surface area (Å²) in [5.74, 6) is 0.908. The third kappa shape index (κ3) is 3.92. The van der Waals surface area contributed by atoms with E-state index in [1.165, 1.54) is 4.90 Å². The summed E-state index contributed by atoms with van der Waals surface area (Å²) in [5.41, 5.74) is 2.93. The van der Waals surface area contributed by atoms with Crippen molar-refractivity contribution in [3.8, 4) is 11.4 Å². The van der Waals surface area contributed by atoms with Gasteiger partial charge < -0.3 is 5.32 Å². The zero-order valence-corrected chi connectivity index (χ0v) is 15.2. The van der Waals surface area contributed by atoms with E-state index in [0.717, 1.165) is 47.1 Å². The van der Waals surface area contributed by atoms with Gasteiger partial charge in [0.25, 0.3) is 0 Å². The van der Waals surface area contributed by atoms with Crippen molar-refractivity contribution in [3.63, 3.8) is 0 Å². The number of fused-ring (bicyclic) bond motifs is 1. The first kappa shape index (κ1) is 16.7. The molecule has 0 saturated heterocycles. The van der Waals surface area contributed by atoms with Crippen LogP contribution in [0.5, 0.6) is 0 Å². The molecule has 0 bridgehead atoms. The Morgan fingerprint density at radius 3 is 3.04 bits per heavy atom. The SMILES string of the molecule is Fc1ccc2c(c1)C(NCCc1nc(-c3ccccn3)cs1)CCS2. The topological polar surface area (TPSA) is 37.8 Å². The molecule has 2 aromatic heterocycles. The van der Waals surface area contributed by atoms with Crippen LogP contribution in [0.4, 0.5) is 4.39 Å². The fourth-order valence-corrected chi connectivity index (χ4v) is 4.89. The molecule has 128 valence electrons. The summed E-state index contributed by atoms with van der Waals surface area (Å²) in [4.78, 5) is 10.2. The van der Waals surface area contributed by atoms with E-state index in [2.05, 4.69) is 20.7 Å². The summed E-state index contributed by atoms with van der Waals surface area (Å²) < 4.78 is 13.6. The zero-order chi connectivity index (χ0) is 17.1. The van der Waals surface area contributed by atoms with Crippen molar-refractivity contribution in [2.75, 3.05) is 12.3 Å². The molecule has 1 aliphatic rings. The average Bonchev–Trinajstić information content (AvgIpc) is 3.12. The minimum absolute atomic E-state index is 0.159. The van der Waals surface area contributed by atoms with E-state index >= 15 is 0 Å². The van der Waals surface area contributed by atoms with E-state index in [1.54, 1.807) is 29.7 Å². The van der Waals surface area contributed by atoms with Gasteiger partial charge in [0.15, 0.2) is 0 Å².